The largest absolute Gasteiger partial charge is 0.398 e. The second kappa shape index (κ2) is 13.1. The van der Waals surface area contributed by atoms with Crippen molar-refractivity contribution in [3.8, 4) is 0 Å². The van der Waals surface area contributed by atoms with Crippen LogP contribution in [0.1, 0.15) is 89.5 Å². The van der Waals surface area contributed by atoms with Gasteiger partial charge in [-0.15, -0.1) is 6.58 Å². The SMILES string of the molecule is C=CCC(CCCCCCCCCCCC)(OS(=O)(=O)O)c1ccc(F)cc1. The summed E-state index contributed by atoms with van der Waals surface area (Å²) in [4.78, 5) is 0. The number of benzene rings is 1. The number of hydrogen-bond acceptors (Lipinski definition) is 3. The second-order valence-electron chi connectivity index (χ2n) is 7.44. The molecule has 0 aliphatic heterocycles. The van der Waals surface area contributed by atoms with E-state index in [1.165, 1.54) is 62.8 Å². The Morgan fingerprint density at radius 1 is 1.00 bits per heavy atom. The molecule has 0 aliphatic rings. The van der Waals surface area contributed by atoms with Crippen LogP contribution >= 0.6 is 0 Å². The van der Waals surface area contributed by atoms with Crippen LogP contribution in [0, 0.1) is 5.82 Å². The maximum absolute atomic E-state index is 13.3. The average Bonchev–Trinajstić information content (AvgIpc) is 2.62. The molecule has 1 aromatic carbocycles. The molecule has 0 heterocycles. The summed E-state index contributed by atoms with van der Waals surface area (Å²) < 4.78 is 50.6. The van der Waals surface area contributed by atoms with Crippen molar-refractivity contribution in [1.29, 1.82) is 0 Å². The highest BCUT2D eigenvalue weighted by atomic mass is 32.3. The summed E-state index contributed by atoms with van der Waals surface area (Å²) in [5.74, 6) is -0.415. The molecule has 1 aromatic rings. The van der Waals surface area contributed by atoms with E-state index in [9.17, 15) is 17.4 Å². The highest BCUT2D eigenvalue weighted by molar-refractivity contribution is 7.80. The van der Waals surface area contributed by atoms with Crippen LogP contribution in [-0.2, 0) is 20.2 Å². The standard InChI is InChI=1S/C22H35FO4S/c1-3-5-6-7-8-9-10-11-12-13-19-22(18-4-2,27-28(24,25)26)20-14-16-21(23)17-15-20/h4,14-17H,2-3,5-13,18-19H2,1H3,(H,24,25,26). The van der Waals surface area contributed by atoms with Gasteiger partial charge in [0.25, 0.3) is 0 Å². The Kier molecular flexibility index (Phi) is 11.6. The van der Waals surface area contributed by atoms with Crippen LogP contribution in [0.5, 0.6) is 0 Å². The first-order chi connectivity index (χ1) is 13.3. The van der Waals surface area contributed by atoms with Gasteiger partial charge in [0.05, 0.1) is 0 Å². The highest BCUT2D eigenvalue weighted by Gasteiger charge is 2.36. The van der Waals surface area contributed by atoms with Crippen molar-refractivity contribution in [2.45, 2.75) is 89.6 Å². The van der Waals surface area contributed by atoms with Crippen molar-refractivity contribution >= 4 is 10.4 Å². The minimum Gasteiger partial charge on any atom is -0.264 e. The van der Waals surface area contributed by atoms with Gasteiger partial charge in [0, 0.05) is 0 Å². The lowest BCUT2D eigenvalue weighted by molar-refractivity contribution is 0.0501. The van der Waals surface area contributed by atoms with E-state index < -0.39 is 21.8 Å². The van der Waals surface area contributed by atoms with Crippen molar-refractivity contribution < 1.29 is 21.5 Å². The Morgan fingerprint density at radius 2 is 1.50 bits per heavy atom. The lowest BCUT2D eigenvalue weighted by Gasteiger charge is -2.31. The van der Waals surface area contributed by atoms with Crippen molar-refractivity contribution in [2.75, 3.05) is 0 Å². The predicted molar refractivity (Wildman–Crippen MR) is 112 cm³/mol. The molecule has 1 atom stereocenters. The van der Waals surface area contributed by atoms with Gasteiger partial charge < -0.3 is 0 Å². The molecule has 1 N–H and O–H groups in total. The third kappa shape index (κ3) is 9.80. The molecule has 160 valence electrons. The lowest BCUT2D eigenvalue weighted by Crippen LogP contribution is -2.32. The topological polar surface area (TPSA) is 63.6 Å². The fraction of sp³-hybridized carbons (Fsp3) is 0.636. The zero-order valence-electron chi connectivity index (χ0n) is 17.0. The van der Waals surface area contributed by atoms with Gasteiger partial charge in [0.1, 0.15) is 11.4 Å². The maximum Gasteiger partial charge on any atom is 0.398 e. The van der Waals surface area contributed by atoms with Crippen molar-refractivity contribution in [1.82, 2.24) is 0 Å². The zero-order chi connectivity index (χ0) is 20.9. The number of halogens is 1. The van der Waals surface area contributed by atoms with Crippen LogP contribution in [0.2, 0.25) is 0 Å². The second-order valence-corrected chi connectivity index (χ2v) is 8.46. The smallest absolute Gasteiger partial charge is 0.264 e. The van der Waals surface area contributed by atoms with Gasteiger partial charge in [-0.3, -0.25) is 4.55 Å². The first-order valence-corrected chi connectivity index (χ1v) is 11.7. The normalized spacial score (nSPS) is 14.0. The van der Waals surface area contributed by atoms with E-state index in [2.05, 4.69) is 13.5 Å². The molecule has 0 bridgehead atoms. The maximum atomic E-state index is 13.3. The Hall–Kier alpha value is -1.24. The first kappa shape index (κ1) is 24.8. The van der Waals surface area contributed by atoms with Gasteiger partial charge in [-0.05, 0) is 30.5 Å². The fourth-order valence-electron chi connectivity index (χ4n) is 3.57. The minimum atomic E-state index is -4.67. The molecule has 0 aliphatic carbocycles. The molecule has 1 unspecified atom stereocenters. The monoisotopic (exact) mass is 414 g/mol. The summed E-state index contributed by atoms with van der Waals surface area (Å²) in [6, 6.07) is 5.53. The van der Waals surface area contributed by atoms with Gasteiger partial charge in [-0.2, -0.15) is 8.42 Å². The van der Waals surface area contributed by atoms with Gasteiger partial charge in [-0.1, -0.05) is 89.3 Å². The third-order valence-electron chi connectivity index (χ3n) is 5.04. The molecule has 0 spiro atoms. The first-order valence-electron chi connectivity index (χ1n) is 10.4. The van der Waals surface area contributed by atoms with E-state index >= 15 is 0 Å². The summed E-state index contributed by atoms with van der Waals surface area (Å²) in [7, 11) is -4.67. The molecule has 0 amide bonds. The Labute approximate surface area is 170 Å². The molecule has 0 saturated carbocycles. The molecule has 0 saturated heterocycles. The van der Waals surface area contributed by atoms with Crippen molar-refractivity contribution in [2.24, 2.45) is 0 Å². The number of unbranched alkanes of at least 4 members (excludes halogenated alkanes) is 9. The van der Waals surface area contributed by atoms with Gasteiger partial charge in [0.15, 0.2) is 0 Å². The summed E-state index contributed by atoms with van der Waals surface area (Å²) in [5, 5.41) is 0. The molecule has 0 fully saturated rings. The number of rotatable bonds is 16. The molecule has 0 aromatic heterocycles. The number of hydrogen-bond donors (Lipinski definition) is 1. The summed E-state index contributed by atoms with van der Waals surface area (Å²) in [6.07, 6.45) is 13.8. The van der Waals surface area contributed by atoms with Crippen LogP contribution in [0.4, 0.5) is 4.39 Å². The van der Waals surface area contributed by atoms with Gasteiger partial charge in [-0.25, -0.2) is 8.57 Å². The van der Waals surface area contributed by atoms with E-state index in [1.807, 2.05) is 0 Å². The summed E-state index contributed by atoms with van der Waals surface area (Å²) in [5.41, 5.74) is -0.745. The van der Waals surface area contributed by atoms with E-state index in [0.717, 1.165) is 25.7 Å². The van der Waals surface area contributed by atoms with Crippen LogP contribution in [0.25, 0.3) is 0 Å². The third-order valence-corrected chi connectivity index (χ3v) is 5.57. The van der Waals surface area contributed by atoms with Crippen molar-refractivity contribution in [3.05, 3.63) is 48.3 Å². The summed E-state index contributed by atoms with van der Waals surface area (Å²) in [6.45, 7) is 5.90. The summed E-state index contributed by atoms with van der Waals surface area (Å²) >= 11 is 0. The van der Waals surface area contributed by atoms with Crippen LogP contribution in [0.15, 0.2) is 36.9 Å². The Morgan fingerprint density at radius 3 is 1.96 bits per heavy atom. The minimum absolute atomic E-state index is 0.204. The van der Waals surface area contributed by atoms with Gasteiger partial charge in [0.2, 0.25) is 0 Å². The molecule has 28 heavy (non-hydrogen) atoms. The van der Waals surface area contributed by atoms with Crippen LogP contribution in [-0.4, -0.2) is 13.0 Å². The lowest BCUT2D eigenvalue weighted by atomic mass is 9.85. The molecule has 0 radical (unpaired) electrons. The van der Waals surface area contributed by atoms with Gasteiger partial charge >= 0.3 is 10.4 Å². The van der Waals surface area contributed by atoms with E-state index in [1.54, 1.807) is 6.08 Å². The Bertz CT molecular complexity index is 658. The molecular weight excluding hydrogens is 379 g/mol. The fourth-order valence-corrected chi connectivity index (χ4v) is 4.23. The molecule has 6 heteroatoms. The van der Waals surface area contributed by atoms with Crippen LogP contribution < -0.4 is 0 Å². The predicted octanol–water partition coefficient (Wildman–Crippen LogP) is 6.73. The molecular formula is C22H35FO4S. The molecule has 4 nitrogen and oxygen atoms in total. The van der Waals surface area contributed by atoms with E-state index in [0.29, 0.717) is 12.0 Å². The van der Waals surface area contributed by atoms with Crippen LogP contribution in [0.3, 0.4) is 0 Å². The average molecular weight is 415 g/mol. The highest BCUT2D eigenvalue weighted by Crippen LogP contribution is 2.37. The van der Waals surface area contributed by atoms with E-state index in [-0.39, 0.29) is 6.42 Å². The molecule has 1 rings (SSSR count). The van der Waals surface area contributed by atoms with E-state index in [4.69, 9.17) is 4.18 Å². The zero-order valence-corrected chi connectivity index (χ0v) is 17.9. The van der Waals surface area contributed by atoms with Crippen molar-refractivity contribution in [3.63, 3.8) is 0 Å². The Balaban J connectivity index is 2.61. The quantitative estimate of drug-likeness (QED) is 0.185.